The van der Waals surface area contributed by atoms with E-state index >= 15 is 0 Å². The standard InChI is InChI=1S/C8H12N2/c1-2-6-4-7-5(1)3-8(6)10-9-7/h5-8H,1-4H2/t5-,6-,7-,8-/m0/s1. The molecule has 54 valence electrons. The lowest BCUT2D eigenvalue weighted by molar-refractivity contribution is 0.0854. The number of hydrogen-bond acceptors (Lipinski definition) is 2. The smallest absolute Gasteiger partial charge is 0.0740 e. The summed E-state index contributed by atoms with van der Waals surface area (Å²) in [4.78, 5) is 0. The first kappa shape index (κ1) is 5.28. The van der Waals surface area contributed by atoms with Crippen LogP contribution in [0, 0.1) is 11.8 Å². The van der Waals surface area contributed by atoms with Crippen LogP contribution in [0.5, 0.6) is 0 Å². The largest absolute Gasteiger partial charge is 0.190 e. The summed E-state index contributed by atoms with van der Waals surface area (Å²) in [5.74, 6) is 1.85. The van der Waals surface area contributed by atoms with Crippen molar-refractivity contribution in [3.63, 3.8) is 0 Å². The number of azo groups is 1. The van der Waals surface area contributed by atoms with Crippen LogP contribution in [0.2, 0.25) is 0 Å². The molecule has 0 aromatic rings. The molecule has 3 aliphatic carbocycles. The number of rotatable bonds is 0. The van der Waals surface area contributed by atoms with E-state index in [1.54, 1.807) is 0 Å². The minimum absolute atomic E-state index is 0.642. The quantitative estimate of drug-likeness (QED) is 0.486. The van der Waals surface area contributed by atoms with Crippen LogP contribution in [0.3, 0.4) is 0 Å². The van der Waals surface area contributed by atoms with Crippen LogP contribution in [0.25, 0.3) is 0 Å². The molecule has 0 radical (unpaired) electrons. The number of nitrogens with zero attached hydrogens (tertiary/aromatic N) is 2. The van der Waals surface area contributed by atoms with Gasteiger partial charge in [-0.05, 0) is 37.5 Å². The Hall–Kier alpha value is -0.400. The van der Waals surface area contributed by atoms with Crippen molar-refractivity contribution in [3.8, 4) is 0 Å². The molecule has 0 N–H and O–H groups in total. The lowest BCUT2D eigenvalue weighted by Gasteiger charge is -2.46. The normalized spacial score (nSPS) is 56.0. The maximum absolute atomic E-state index is 4.31. The van der Waals surface area contributed by atoms with Crippen molar-refractivity contribution in [2.24, 2.45) is 22.1 Å². The van der Waals surface area contributed by atoms with E-state index in [1.165, 1.54) is 25.7 Å². The summed E-state index contributed by atoms with van der Waals surface area (Å²) in [5.41, 5.74) is 0. The summed E-state index contributed by atoms with van der Waals surface area (Å²) in [6, 6.07) is 1.28. The van der Waals surface area contributed by atoms with Crippen molar-refractivity contribution >= 4 is 0 Å². The van der Waals surface area contributed by atoms with E-state index in [-0.39, 0.29) is 0 Å². The minimum atomic E-state index is 0.642. The zero-order valence-electron chi connectivity index (χ0n) is 6.03. The first-order valence-electron chi connectivity index (χ1n) is 4.33. The highest BCUT2D eigenvalue weighted by atomic mass is 15.2. The van der Waals surface area contributed by atoms with Crippen molar-refractivity contribution in [1.82, 2.24) is 0 Å². The predicted octanol–water partition coefficient (Wildman–Crippen LogP) is 2.01. The molecule has 3 saturated carbocycles. The lowest BCUT2D eigenvalue weighted by atomic mass is 9.65. The molecule has 5 aliphatic rings. The molecule has 0 spiro atoms. The first-order valence-corrected chi connectivity index (χ1v) is 4.33. The van der Waals surface area contributed by atoms with Gasteiger partial charge in [-0.3, -0.25) is 0 Å². The molecule has 2 aliphatic heterocycles. The SMILES string of the molecule is C1C[C@H]2C[C@@H]3N=N[C@H]2C[C@H]13. The van der Waals surface area contributed by atoms with E-state index in [0.717, 1.165) is 11.8 Å². The molecule has 0 aromatic carbocycles. The second-order valence-electron chi connectivity index (χ2n) is 3.93. The topological polar surface area (TPSA) is 24.7 Å². The van der Waals surface area contributed by atoms with Crippen molar-refractivity contribution in [2.75, 3.05) is 0 Å². The van der Waals surface area contributed by atoms with Gasteiger partial charge < -0.3 is 0 Å². The van der Waals surface area contributed by atoms with Gasteiger partial charge in [0.05, 0.1) is 12.1 Å². The average Bonchev–Trinajstić information content (AvgIpc) is 2.05. The van der Waals surface area contributed by atoms with Crippen molar-refractivity contribution in [3.05, 3.63) is 0 Å². The van der Waals surface area contributed by atoms with Crippen LogP contribution >= 0.6 is 0 Å². The fraction of sp³-hybridized carbons (Fsp3) is 1.00. The molecule has 0 unspecified atom stereocenters. The summed E-state index contributed by atoms with van der Waals surface area (Å²) in [5, 5.41) is 8.61. The molecule has 0 amide bonds. The molecule has 5 rings (SSSR count). The molecule has 4 bridgehead atoms. The van der Waals surface area contributed by atoms with Crippen molar-refractivity contribution < 1.29 is 0 Å². The molecular weight excluding hydrogens is 124 g/mol. The fourth-order valence-electron chi connectivity index (χ4n) is 2.82. The molecule has 0 aromatic heterocycles. The first-order chi connectivity index (χ1) is 4.93. The van der Waals surface area contributed by atoms with Gasteiger partial charge >= 0.3 is 0 Å². The van der Waals surface area contributed by atoms with Crippen molar-refractivity contribution in [1.29, 1.82) is 0 Å². The molecule has 3 fully saturated rings. The Morgan fingerprint density at radius 1 is 0.800 bits per heavy atom. The molecular formula is C8H12N2. The molecule has 0 saturated heterocycles. The Bertz CT molecular complexity index is 168. The molecule has 2 heterocycles. The third-order valence-electron chi connectivity index (χ3n) is 3.45. The minimum Gasteiger partial charge on any atom is -0.190 e. The maximum atomic E-state index is 4.31. The second-order valence-corrected chi connectivity index (χ2v) is 3.93. The molecule has 2 heteroatoms. The predicted molar refractivity (Wildman–Crippen MR) is 37.9 cm³/mol. The Kier molecular flexibility index (Phi) is 0.846. The van der Waals surface area contributed by atoms with Crippen LogP contribution in [0.4, 0.5) is 0 Å². The van der Waals surface area contributed by atoms with Gasteiger partial charge in [-0.2, -0.15) is 10.2 Å². The van der Waals surface area contributed by atoms with Gasteiger partial charge in [0.2, 0.25) is 0 Å². The second kappa shape index (κ2) is 1.60. The Morgan fingerprint density at radius 2 is 1.30 bits per heavy atom. The van der Waals surface area contributed by atoms with Gasteiger partial charge in [0.15, 0.2) is 0 Å². The van der Waals surface area contributed by atoms with Gasteiger partial charge in [-0.15, -0.1) is 0 Å². The Balaban J connectivity index is 2.04. The molecule has 10 heavy (non-hydrogen) atoms. The third-order valence-corrected chi connectivity index (χ3v) is 3.45. The number of fused-ring (bicyclic) bond motifs is 1. The average molecular weight is 136 g/mol. The van der Waals surface area contributed by atoms with Crippen LogP contribution in [-0.4, -0.2) is 12.1 Å². The van der Waals surface area contributed by atoms with E-state index in [1.807, 2.05) is 0 Å². The maximum Gasteiger partial charge on any atom is 0.0740 e. The zero-order valence-corrected chi connectivity index (χ0v) is 6.03. The monoisotopic (exact) mass is 136 g/mol. The summed E-state index contributed by atoms with van der Waals surface area (Å²) < 4.78 is 0. The van der Waals surface area contributed by atoms with Crippen LogP contribution < -0.4 is 0 Å². The van der Waals surface area contributed by atoms with Gasteiger partial charge in [-0.1, -0.05) is 0 Å². The van der Waals surface area contributed by atoms with Gasteiger partial charge in [0.1, 0.15) is 0 Å². The highest BCUT2D eigenvalue weighted by molar-refractivity contribution is 5.00. The van der Waals surface area contributed by atoms with Gasteiger partial charge in [0.25, 0.3) is 0 Å². The van der Waals surface area contributed by atoms with Crippen LogP contribution in [-0.2, 0) is 0 Å². The van der Waals surface area contributed by atoms with E-state index in [0.29, 0.717) is 12.1 Å². The van der Waals surface area contributed by atoms with Crippen LogP contribution in [0.1, 0.15) is 25.7 Å². The van der Waals surface area contributed by atoms with E-state index in [9.17, 15) is 0 Å². The summed E-state index contributed by atoms with van der Waals surface area (Å²) in [6.07, 6.45) is 5.59. The zero-order chi connectivity index (χ0) is 6.55. The number of hydrogen-bond donors (Lipinski definition) is 0. The molecule has 4 atom stereocenters. The highest BCUT2D eigenvalue weighted by Crippen LogP contribution is 2.47. The van der Waals surface area contributed by atoms with Crippen LogP contribution in [0.15, 0.2) is 10.2 Å². The fourth-order valence-corrected chi connectivity index (χ4v) is 2.82. The van der Waals surface area contributed by atoms with E-state index < -0.39 is 0 Å². The van der Waals surface area contributed by atoms with Gasteiger partial charge in [0, 0.05) is 0 Å². The summed E-state index contributed by atoms with van der Waals surface area (Å²) in [6.45, 7) is 0. The highest BCUT2D eigenvalue weighted by Gasteiger charge is 2.44. The summed E-state index contributed by atoms with van der Waals surface area (Å²) >= 11 is 0. The Morgan fingerprint density at radius 3 is 1.60 bits per heavy atom. The molecule has 2 nitrogen and oxygen atoms in total. The van der Waals surface area contributed by atoms with Crippen molar-refractivity contribution in [2.45, 2.75) is 37.8 Å². The lowest BCUT2D eigenvalue weighted by Crippen LogP contribution is -2.45. The van der Waals surface area contributed by atoms with Gasteiger partial charge in [-0.25, -0.2) is 0 Å². The third kappa shape index (κ3) is 0.505. The summed E-state index contributed by atoms with van der Waals surface area (Å²) in [7, 11) is 0. The Labute approximate surface area is 60.7 Å². The van der Waals surface area contributed by atoms with E-state index in [4.69, 9.17) is 0 Å². The van der Waals surface area contributed by atoms with E-state index in [2.05, 4.69) is 10.2 Å².